The van der Waals surface area contributed by atoms with Crippen LogP contribution < -0.4 is 5.73 Å². The number of hydrogen-bond donors (Lipinski definition) is 1. The summed E-state index contributed by atoms with van der Waals surface area (Å²) >= 11 is 0. The van der Waals surface area contributed by atoms with E-state index in [2.05, 4.69) is 24.8 Å². The van der Waals surface area contributed by atoms with Gasteiger partial charge in [-0.1, -0.05) is 6.07 Å². The van der Waals surface area contributed by atoms with Gasteiger partial charge in [0.25, 0.3) is 0 Å². The molecule has 3 rings (SSSR count). The van der Waals surface area contributed by atoms with E-state index in [1.165, 1.54) is 22.4 Å². The molecule has 0 saturated heterocycles. The van der Waals surface area contributed by atoms with E-state index in [0.29, 0.717) is 6.42 Å². The lowest BCUT2D eigenvalue weighted by atomic mass is 9.91. The smallest absolute Gasteiger partial charge is 0.100 e. The van der Waals surface area contributed by atoms with E-state index >= 15 is 0 Å². The molecule has 1 aliphatic heterocycles. The van der Waals surface area contributed by atoms with Crippen LogP contribution in [0, 0.1) is 13.8 Å². The van der Waals surface area contributed by atoms with Gasteiger partial charge in [-0.05, 0) is 61.1 Å². The Balaban J connectivity index is 1.89. The lowest BCUT2D eigenvalue weighted by Crippen LogP contribution is -2.31. The highest BCUT2D eigenvalue weighted by Crippen LogP contribution is 2.32. The molecule has 1 aromatic rings. The molecule has 0 spiro atoms. The molecule has 0 amide bonds. The molecule has 0 fully saturated rings. The fraction of sp³-hybridized carbons (Fsp3) is 0.412. The highest BCUT2D eigenvalue weighted by atomic mass is 19.1. The molecule has 2 aliphatic rings. The number of nitrogen functional groups attached to an aromatic ring is 1. The van der Waals surface area contributed by atoms with E-state index in [-0.39, 0.29) is 5.83 Å². The standard InChI is InChI=1S/C17H21FN2/c1-11-9-13-10-20(15-5-3-14(18)4-6-15)8-7-16(13)12(2)17(11)19/h3,5,9H,4,6-8,10,19H2,1-2H3. The van der Waals surface area contributed by atoms with Gasteiger partial charge in [-0.2, -0.15) is 0 Å². The van der Waals surface area contributed by atoms with Crippen LogP contribution in [0.1, 0.15) is 35.1 Å². The molecule has 0 aromatic heterocycles. The Bertz CT molecular complexity index is 614. The van der Waals surface area contributed by atoms with Crippen LogP contribution in [0.25, 0.3) is 0 Å². The Morgan fingerprint density at radius 1 is 1.15 bits per heavy atom. The lowest BCUT2D eigenvalue weighted by molar-refractivity contribution is 0.306. The van der Waals surface area contributed by atoms with Gasteiger partial charge < -0.3 is 10.6 Å². The normalized spacial score (nSPS) is 18.4. The first-order valence-electron chi connectivity index (χ1n) is 7.24. The largest absolute Gasteiger partial charge is 0.398 e. The van der Waals surface area contributed by atoms with Crippen molar-refractivity contribution in [1.29, 1.82) is 0 Å². The first-order valence-corrected chi connectivity index (χ1v) is 7.24. The minimum atomic E-state index is -0.00868. The Kier molecular flexibility index (Phi) is 3.28. The lowest BCUT2D eigenvalue weighted by Gasteiger charge is -2.34. The van der Waals surface area contributed by atoms with Crippen LogP contribution in [0.15, 0.2) is 29.7 Å². The van der Waals surface area contributed by atoms with Gasteiger partial charge in [0.1, 0.15) is 5.83 Å². The van der Waals surface area contributed by atoms with Crippen molar-refractivity contribution in [3.63, 3.8) is 0 Å². The predicted molar refractivity (Wildman–Crippen MR) is 81.0 cm³/mol. The van der Waals surface area contributed by atoms with Crippen molar-refractivity contribution >= 4 is 5.69 Å². The van der Waals surface area contributed by atoms with E-state index in [1.807, 2.05) is 6.08 Å². The van der Waals surface area contributed by atoms with Gasteiger partial charge in [0.05, 0.1) is 0 Å². The van der Waals surface area contributed by atoms with Gasteiger partial charge in [-0.3, -0.25) is 0 Å². The van der Waals surface area contributed by atoms with Crippen LogP contribution in [0.4, 0.5) is 10.1 Å². The second kappa shape index (κ2) is 4.97. The number of nitrogens with zero attached hydrogens (tertiary/aromatic N) is 1. The predicted octanol–water partition coefficient (Wildman–Crippen LogP) is 3.77. The zero-order chi connectivity index (χ0) is 14.3. The molecule has 2 nitrogen and oxygen atoms in total. The molecule has 2 N–H and O–H groups in total. The summed E-state index contributed by atoms with van der Waals surface area (Å²) in [6, 6.07) is 2.21. The SMILES string of the molecule is Cc1cc2c(c(C)c1N)CCN(C1=CC=C(F)CC1)C2. The number of benzene rings is 1. The van der Waals surface area contributed by atoms with Crippen molar-refractivity contribution in [1.82, 2.24) is 4.90 Å². The molecule has 0 radical (unpaired) electrons. The third-order valence-electron chi connectivity index (χ3n) is 4.54. The van der Waals surface area contributed by atoms with Crippen LogP contribution in [0.5, 0.6) is 0 Å². The molecule has 1 aromatic carbocycles. The molecule has 0 saturated carbocycles. The number of nitrogens with two attached hydrogens (primary N) is 1. The summed E-state index contributed by atoms with van der Waals surface area (Å²) in [7, 11) is 0. The molecule has 20 heavy (non-hydrogen) atoms. The van der Waals surface area contributed by atoms with E-state index in [4.69, 9.17) is 5.73 Å². The van der Waals surface area contributed by atoms with Crippen molar-refractivity contribution in [2.45, 2.75) is 39.7 Å². The van der Waals surface area contributed by atoms with Crippen molar-refractivity contribution in [3.05, 3.63) is 52.0 Å². The number of hydrogen-bond acceptors (Lipinski definition) is 2. The monoisotopic (exact) mass is 272 g/mol. The molecular weight excluding hydrogens is 251 g/mol. The second-order valence-corrected chi connectivity index (χ2v) is 5.81. The molecule has 106 valence electrons. The minimum absolute atomic E-state index is 0.00868. The Morgan fingerprint density at radius 3 is 2.65 bits per heavy atom. The van der Waals surface area contributed by atoms with Crippen molar-refractivity contribution in [2.75, 3.05) is 12.3 Å². The number of fused-ring (bicyclic) bond motifs is 1. The Labute approximate surface area is 119 Å². The van der Waals surface area contributed by atoms with Crippen molar-refractivity contribution in [2.24, 2.45) is 0 Å². The maximum absolute atomic E-state index is 13.1. The maximum atomic E-state index is 13.1. The number of rotatable bonds is 1. The summed E-state index contributed by atoms with van der Waals surface area (Å²) in [6.45, 7) is 6.10. The zero-order valence-electron chi connectivity index (χ0n) is 12.2. The van der Waals surface area contributed by atoms with Crippen LogP contribution >= 0.6 is 0 Å². The fourth-order valence-corrected chi connectivity index (χ4v) is 3.26. The van der Waals surface area contributed by atoms with E-state index in [0.717, 1.165) is 37.2 Å². The van der Waals surface area contributed by atoms with Gasteiger partial charge in [-0.15, -0.1) is 0 Å². The van der Waals surface area contributed by atoms with Crippen LogP contribution in [-0.4, -0.2) is 11.4 Å². The minimum Gasteiger partial charge on any atom is -0.398 e. The summed E-state index contributed by atoms with van der Waals surface area (Å²) < 4.78 is 13.1. The fourth-order valence-electron chi connectivity index (χ4n) is 3.26. The van der Waals surface area contributed by atoms with Gasteiger partial charge in [-0.25, -0.2) is 4.39 Å². The van der Waals surface area contributed by atoms with E-state index in [9.17, 15) is 4.39 Å². The summed E-state index contributed by atoms with van der Waals surface area (Å²) in [4.78, 5) is 2.38. The summed E-state index contributed by atoms with van der Waals surface area (Å²) in [5.74, 6) is -0.00868. The van der Waals surface area contributed by atoms with Crippen molar-refractivity contribution < 1.29 is 4.39 Å². The first-order chi connectivity index (χ1) is 9.56. The highest BCUT2D eigenvalue weighted by Gasteiger charge is 2.22. The molecule has 1 aliphatic carbocycles. The molecular formula is C17H21FN2. The topological polar surface area (TPSA) is 29.3 Å². The molecule has 3 heteroatoms. The quantitative estimate of drug-likeness (QED) is 0.788. The summed E-state index contributed by atoms with van der Waals surface area (Å²) in [6.07, 6.45) is 5.91. The number of anilines is 1. The number of aryl methyl sites for hydroxylation is 1. The Hall–Kier alpha value is -1.77. The van der Waals surface area contributed by atoms with Crippen molar-refractivity contribution in [3.8, 4) is 0 Å². The average Bonchev–Trinajstić information content (AvgIpc) is 2.45. The van der Waals surface area contributed by atoms with Crippen LogP contribution in [0.3, 0.4) is 0 Å². The van der Waals surface area contributed by atoms with Gasteiger partial charge >= 0.3 is 0 Å². The van der Waals surface area contributed by atoms with E-state index in [1.54, 1.807) is 6.08 Å². The third-order valence-corrected chi connectivity index (χ3v) is 4.54. The van der Waals surface area contributed by atoms with Gasteiger partial charge in [0.2, 0.25) is 0 Å². The third kappa shape index (κ3) is 2.21. The molecule has 0 bridgehead atoms. The molecule has 1 heterocycles. The van der Waals surface area contributed by atoms with E-state index < -0.39 is 0 Å². The highest BCUT2D eigenvalue weighted by molar-refractivity contribution is 5.59. The maximum Gasteiger partial charge on any atom is 0.100 e. The van der Waals surface area contributed by atoms with Crippen LogP contribution in [-0.2, 0) is 13.0 Å². The Morgan fingerprint density at radius 2 is 1.95 bits per heavy atom. The van der Waals surface area contributed by atoms with Crippen LogP contribution in [0.2, 0.25) is 0 Å². The first kappa shape index (κ1) is 13.2. The number of halogens is 1. The second-order valence-electron chi connectivity index (χ2n) is 5.81. The summed E-state index contributed by atoms with van der Waals surface area (Å²) in [5.41, 5.74) is 13.5. The van der Waals surface area contributed by atoms with Gasteiger partial charge in [0.15, 0.2) is 0 Å². The van der Waals surface area contributed by atoms with Gasteiger partial charge in [0, 0.05) is 30.9 Å². The summed E-state index contributed by atoms with van der Waals surface area (Å²) in [5, 5.41) is 0. The molecule has 0 atom stereocenters. The zero-order valence-corrected chi connectivity index (χ0v) is 12.2. The average molecular weight is 272 g/mol. The number of allylic oxidation sites excluding steroid dienone is 4. The molecule has 0 unspecified atom stereocenters.